The summed E-state index contributed by atoms with van der Waals surface area (Å²) in [4.78, 5) is 72.9. The van der Waals surface area contributed by atoms with Gasteiger partial charge in [-0.1, -0.05) is 72.8 Å². The molecule has 0 radical (unpaired) electrons. The molecule has 0 saturated heterocycles. The van der Waals surface area contributed by atoms with Gasteiger partial charge in [0.25, 0.3) is 11.8 Å². The fraction of sp³-hybridized carbons (Fsp3) is 0.103. The van der Waals surface area contributed by atoms with Crippen LogP contribution in [0.15, 0.2) is 133 Å². The van der Waals surface area contributed by atoms with Crippen LogP contribution in [0.25, 0.3) is 0 Å². The van der Waals surface area contributed by atoms with Crippen LogP contribution < -0.4 is 30.1 Å². The number of likely N-dealkylation sites (N-methyl/N-ethyl adjacent to an activating group) is 1. The summed E-state index contributed by atoms with van der Waals surface area (Å²) in [6.45, 7) is -0.433. The van der Waals surface area contributed by atoms with Gasteiger partial charge in [0.05, 0.1) is 18.5 Å². The highest BCUT2D eigenvalue weighted by Gasteiger charge is 2.42. The lowest BCUT2D eigenvalue weighted by Crippen LogP contribution is -2.56. The number of nitrogens with one attached hydrogen (secondary N) is 2. The van der Waals surface area contributed by atoms with E-state index in [0.29, 0.717) is 39.6 Å². The molecule has 6 rings (SSSR count). The Labute approximate surface area is 288 Å². The Kier molecular flexibility index (Phi) is 9.66. The summed E-state index contributed by atoms with van der Waals surface area (Å²) in [5, 5.41) is 5.19. The van der Waals surface area contributed by atoms with Crippen LogP contribution in [-0.4, -0.2) is 56.3 Å². The largest absolute Gasteiger partial charge is 0.497 e. The molecule has 50 heavy (non-hydrogen) atoms. The van der Waals surface area contributed by atoms with Gasteiger partial charge in [-0.25, -0.2) is 4.79 Å². The van der Waals surface area contributed by atoms with Gasteiger partial charge in [-0.3, -0.25) is 29.0 Å². The van der Waals surface area contributed by atoms with Crippen LogP contribution in [0.5, 0.6) is 5.75 Å². The van der Waals surface area contributed by atoms with Gasteiger partial charge in [0, 0.05) is 35.2 Å². The molecule has 0 bridgehead atoms. The van der Waals surface area contributed by atoms with Crippen LogP contribution in [-0.2, 0) is 14.4 Å². The van der Waals surface area contributed by atoms with Gasteiger partial charge in [-0.15, -0.1) is 0 Å². The number of benzene rings is 5. The van der Waals surface area contributed by atoms with Crippen molar-refractivity contribution in [2.75, 3.05) is 40.7 Å². The molecular formula is C39H33N5O6. The van der Waals surface area contributed by atoms with Crippen LogP contribution in [0.2, 0.25) is 0 Å². The quantitative estimate of drug-likeness (QED) is 0.151. The summed E-state index contributed by atoms with van der Waals surface area (Å²) < 4.78 is 5.22. The van der Waals surface area contributed by atoms with E-state index < -0.39 is 36.3 Å². The van der Waals surface area contributed by atoms with Gasteiger partial charge < -0.3 is 20.3 Å². The first-order valence-electron chi connectivity index (χ1n) is 15.7. The van der Waals surface area contributed by atoms with E-state index in [1.54, 1.807) is 135 Å². The maximum atomic E-state index is 14.4. The molecule has 0 spiro atoms. The molecule has 0 unspecified atom stereocenters. The van der Waals surface area contributed by atoms with Crippen LogP contribution in [0.4, 0.5) is 33.2 Å². The zero-order valence-electron chi connectivity index (χ0n) is 27.3. The van der Waals surface area contributed by atoms with E-state index in [9.17, 15) is 24.0 Å². The number of carbonyl (C=O) groups excluding carboxylic acids is 5. The van der Waals surface area contributed by atoms with Crippen LogP contribution in [0.1, 0.15) is 15.9 Å². The van der Waals surface area contributed by atoms with Crippen molar-refractivity contribution >= 4 is 58.0 Å². The van der Waals surface area contributed by atoms with Gasteiger partial charge >= 0.3 is 6.03 Å². The number of nitrogens with zero attached hydrogens (tertiary/aromatic N) is 3. The highest BCUT2D eigenvalue weighted by Crippen LogP contribution is 2.38. The number of methoxy groups -OCH3 is 1. The number of amides is 5. The lowest BCUT2D eigenvalue weighted by atomic mass is 10.0. The van der Waals surface area contributed by atoms with E-state index in [4.69, 9.17) is 4.74 Å². The van der Waals surface area contributed by atoms with Crippen molar-refractivity contribution in [3.8, 4) is 5.75 Å². The molecule has 0 saturated carbocycles. The predicted molar refractivity (Wildman–Crippen MR) is 191 cm³/mol. The lowest BCUT2D eigenvalue weighted by molar-refractivity contribution is -0.129. The molecule has 11 nitrogen and oxygen atoms in total. The number of para-hydroxylation sites is 3. The Balaban J connectivity index is 1.31. The summed E-state index contributed by atoms with van der Waals surface area (Å²) in [7, 11) is 3.13. The smallest absolute Gasteiger partial charge is 0.320 e. The van der Waals surface area contributed by atoms with Gasteiger partial charge in [0.15, 0.2) is 11.8 Å². The zero-order valence-corrected chi connectivity index (χ0v) is 27.3. The topological polar surface area (TPSA) is 128 Å². The minimum atomic E-state index is -1.73. The molecule has 1 aliphatic rings. The average molecular weight is 668 g/mol. The Hall–Kier alpha value is -6.75. The number of hydrogen-bond acceptors (Lipinski definition) is 6. The molecule has 250 valence electrons. The van der Waals surface area contributed by atoms with Crippen LogP contribution >= 0.6 is 0 Å². The summed E-state index contributed by atoms with van der Waals surface area (Å²) in [5.41, 5.74) is 2.78. The second-order valence-electron chi connectivity index (χ2n) is 11.4. The number of carbonyl (C=O) groups is 5. The molecule has 0 fully saturated rings. The molecule has 1 atom stereocenters. The number of rotatable bonds is 9. The Morgan fingerprint density at radius 3 is 2.02 bits per heavy atom. The monoisotopic (exact) mass is 667 g/mol. The molecular weight excluding hydrogens is 634 g/mol. The molecule has 5 amide bonds. The predicted octanol–water partition coefficient (Wildman–Crippen LogP) is 5.79. The van der Waals surface area contributed by atoms with Gasteiger partial charge in [0.1, 0.15) is 12.3 Å². The molecule has 5 aromatic rings. The second-order valence-corrected chi connectivity index (χ2v) is 11.4. The number of urea groups is 1. The van der Waals surface area contributed by atoms with E-state index in [2.05, 4.69) is 10.6 Å². The molecule has 11 heteroatoms. The van der Waals surface area contributed by atoms with Crippen molar-refractivity contribution in [2.45, 2.75) is 6.04 Å². The van der Waals surface area contributed by atoms with Crippen molar-refractivity contribution in [1.82, 2.24) is 5.32 Å². The Bertz CT molecular complexity index is 2050. The summed E-state index contributed by atoms with van der Waals surface area (Å²) in [6.07, 6.45) is 0. The standard InChI is InChI=1S/C39H33N5O6/c1-42(29-20-22-31(50-2)23-21-29)34(45)25-43-32-18-9-10-19-33(32)44(30-16-7-4-8-17-30)38(48)35(37(43)47)41-39(49)40-28-15-11-14-27(24-28)36(46)26-12-5-3-6-13-26/h3-24,35H,25H2,1-2H3,(H2,40,41,49)/t35-/m1/s1. The molecule has 2 N–H and O–H groups in total. The van der Waals surface area contributed by atoms with E-state index >= 15 is 0 Å². The van der Waals surface area contributed by atoms with E-state index in [1.807, 2.05) is 6.07 Å². The number of anilines is 5. The van der Waals surface area contributed by atoms with Crippen molar-refractivity contribution in [1.29, 1.82) is 0 Å². The van der Waals surface area contributed by atoms with Crippen LogP contribution in [0, 0.1) is 0 Å². The fourth-order valence-corrected chi connectivity index (χ4v) is 5.62. The van der Waals surface area contributed by atoms with E-state index in [1.165, 1.54) is 20.8 Å². The SMILES string of the molecule is COc1ccc(N(C)C(=O)CN2C(=O)[C@@H](NC(=O)Nc3cccc(C(=O)c4ccccc4)c3)C(=O)N(c3ccccc3)c3ccccc32)cc1. The third kappa shape index (κ3) is 6.92. The normalized spacial score (nSPS) is 13.9. The highest BCUT2D eigenvalue weighted by molar-refractivity contribution is 6.25. The highest BCUT2D eigenvalue weighted by atomic mass is 16.5. The van der Waals surface area contributed by atoms with Crippen molar-refractivity contribution in [3.05, 3.63) is 145 Å². The summed E-state index contributed by atoms with van der Waals surface area (Å²) in [6, 6.07) is 34.8. The number of ether oxygens (including phenoxy) is 1. The maximum absolute atomic E-state index is 14.4. The molecule has 0 aliphatic carbocycles. The first kappa shape index (κ1) is 33.2. The molecule has 5 aromatic carbocycles. The maximum Gasteiger partial charge on any atom is 0.320 e. The zero-order chi connectivity index (χ0) is 35.2. The van der Waals surface area contributed by atoms with Gasteiger partial charge in [-0.05, 0) is 60.7 Å². The fourth-order valence-electron chi connectivity index (χ4n) is 5.62. The third-order valence-corrected chi connectivity index (χ3v) is 8.23. The average Bonchev–Trinajstić information content (AvgIpc) is 3.23. The van der Waals surface area contributed by atoms with Crippen molar-refractivity contribution in [3.63, 3.8) is 0 Å². The number of ketones is 1. The van der Waals surface area contributed by atoms with E-state index in [-0.39, 0.29) is 11.5 Å². The summed E-state index contributed by atoms with van der Waals surface area (Å²) in [5.74, 6) is -1.59. The molecule has 1 aliphatic heterocycles. The third-order valence-electron chi connectivity index (χ3n) is 8.23. The second kappa shape index (κ2) is 14.6. The number of fused-ring (bicyclic) bond motifs is 1. The van der Waals surface area contributed by atoms with Crippen molar-refractivity contribution < 1.29 is 28.7 Å². The Morgan fingerprint density at radius 2 is 1.34 bits per heavy atom. The first-order chi connectivity index (χ1) is 24.2. The minimum Gasteiger partial charge on any atom is -0.497 e. The molecule has 0 aromatic heterocycles. The van der Waals surface area contributed by atoms with E-state index in [0.717, 1.165) is 0 Å². The Morgan fingerprint density at radius 1 is 0.720 bits per heavy atom. The van der Waals surface area contributed by atoms with Crippen LogP contribution in [0.3, 0.4) is 0 Å². The van der Waals surface area contributed by atoms with Gasteiger partial charge in [0.2, 0.25) is 5.91 Å². The molecule has 1 heterocycles. The summed E-state index contributed by atoms with van der Waals surface area (Å²) >= 11 is 0. The number of hydrogen-bond donors (Lipinski definition) is 2. The van der Waals surface area contributed by atoms with Crippen molar-refractivity contribution in [2.24, 2.45) is 0 Å². The first-order valence-corrected chi connectivity index (χ1v) is 15.7. The lowest BCUT2D eigenvalue weighted by Gasteiger charge is -2.27. The van der Waals surface area contributed by atoms with Gasteiger partial charge in [-0.2, -0.15) is 0 Å². The minimum absolute atomic E-state index is 0.236.